The van der Waals surface area contributed by atoms with Crippen LogP contribution in [0.25, 0.3) is 0 Å². The van der Waals surface area contributed by atoms with Crippen molar-refractivity contribution in [3.63, 3.8) is 0 Å². The second kappa shape index (κ2) is 7.49. The van der Waals surface area contributed by atoms with Crippen molar-refractivity contribution in [3.8, 4) is 0 Å². The summed E-state index contributed by atoms with van der Waals surface area (Å²) in [7, 11) is 0. The smallest absolute Gasteiger partial charge is 0.247 e. The van der Waals surface area contributed by atoms with Crippen molar-refractivity contribution in [2.45, 2.75) is 0 Å². The lowest BCUT2D eigenvalue weighted by atomic mass is 10.3. The molecule has 2 aromatic heterocycles. The maximum absolute atomic E-state index is 6.18. The lowest BCUT2D eigenvalue weighted by molar-refractivity contribution is 0.624. The molecule has 8 nitrogen and oxygen atoms in total. The van der Waals surface area contributed by atoms with E-state index in [1.165, 1.54) is 0 Å². The highest BCUT2D eigenvalue weighted by Gasteiger charge is 2.21. The maximum Gasteiger partial charge on any atom is 0.247 e. The highest BCUT2D eigenvalue weighted by Crippen LogP contribution is 2.24. The first-order valence-electron chi connectivity index (χ1n) is 8.28. The third kappa shape index (κ3) is 3.65. The molecule has 1 fully saturated rings. The van der Waals surface area contributed by atoms with E-state index in [2.05, 4.69) is 40.3 Å². The number of benzene rings is 1. The molecule has 3 aromatic rings. The number of aromatic nitrogens is 5. The summed E-state index contributed by atoms with van der Waals surface area (Å²) in [5, 5.41) is 12.0. The summed E-state index contributed by atoms with van der Waals surface area (Å²) >= 11 is 6.18. The van der Waals surface area contributed by atoms with E-state index in [1.807, 2.05) is 30.3 Å². The third-order valence-corrected chi connectivity index (χ3v) is 4.41. The topological polar surface area (TPSA) is 83.0 Å². The number of hydrogen-bond donors (Lipinski definition) is 1. The Morgan fingerprint density at radius 3 is 2.31 bits per heavy atom. The Labute approximate surface area is 155 Å². The lowest BCUT2D eigenvalue weighted by Gasteiger charge is -2.34. The highest BCUT2D eigenvalue weighted by atomic mass is 35.5. The van der Waals surface area contributed by atoms with Gasteiger partial charge in [0.2, 0.25) is 11.9 Å². The number of halogens is 1. The van der Waals surface area contributed by atoms with E-state index in [0.29, 0.717) is 16.8 Å². The van der Waals surface area contributed by atoms with Crippen LogP contribution in [0.5, 0.6) is 0 Å². The zero-order chi connectivity index (χ0) is 17.8. The van der Waals surface area contributed by atoms with Crippen LogP contribution in [-0.2, 0) is 0 Å². The van der Waals surface area contributed by atoms with E-state index in [9.17, 15) is 0 Å². The molecule has 1 aromatic carbocycles. The second-order valence-corrected chi connectivity index (χ2v) is 6.18. The van der Waals surface area contributed by atoms with Gasteiger partial charge in [0.15, 0.2) is 5.82 Å². The SMILES string of the molecule is Clc1ccccc1Nc1cnnc(N2CCN(c3ncccn3)CC2)n1. The van der Waals surface area contributed by atoms with Crippen LogP contribution in [0.1, 0.15) is 0 Å². The Hall–Kier alpha value is -3.00. The molecule has 0 bridgehead atoms. The predicted octanol–water partition coefficient (Wildman–Crippen LogP) is 2.39. The minimum Gasteiger partial charge on any atom is -0.338 e. The summed E-state index contributed by atoms with van der Waals surface area (Å²) in [6, 6.07) is 9.32. The highest BCUT2D eigenvalue weighted by molar-refractivity contribution is 6.33. The monoisotopic (exact) mass is 368 g/mol. The molecule has 9 heteroatoms. The molecule has 0 unspecified atom stereocenters. The van der Waals surface area contributed by atoms with Crippen LogP contribution in [-0.4, -0.2) is 51.3 Å². The predicted molar refractivity (Wildman–Crippen MR) is 101 cm³/mol. The van der Waals surface area contributed by atoms with Gasteiger partial charge in [-0.2, -0.15) is 10.1 Å². The molecule has 0 aliphatic carbocycles. The van der Waals surface area contributed by atoms with E-state index < -0.39 is 0 Å². The molecule has 4 rings (SSSR count). The van der Waals surface area contributed by atoms with Crippen molar-refractivity contribution in [2.75, 3.05) is 41.3 Å². The maximum atomic E-state index is 6.18. The molecule has 1 N–H and O–H groups in total. The fourth-order valence-corrected chi connectivity index (χ4v) is 2.93. The molecule has 0 radical (unpaired) electrons. The number of anilines is 4. The summed E-state index contributed by atoms with van der Waals surface area (Å²) in [6.45, 7) is 3.15. The Kier molecular flexibility index (Phi) is 4.74. The summed E-state index contributed by atoms with van der Waals surface area (Å²) in [5.41, 5.74) is 0.784. The van der Waals surface area contributed by atoms with Gasteiger partial charge in [-0.25, -0.2) is 9.97 Å². The zero-order valence-electron chi connectivity index (χ0n) is 14.0. The number of para-hydroxylation sites is 1. The van der Waals surface area contributed by atoms with Gasteiger partial charge < -0.3 is 15.1 Å². The van der Waals surface area contributed by atoms with Crippen molar-refractivity contribution < 1.29 is 0 Å². The average Bonchev–Trinajstić information content (AvgIpc) is 2.71. The summed E-state index contributed by atoms with van der Waals surface area (Å²) in [5.74, 6) is 1.95. The van der Waals surface area contributed by atoms with E-state index in [0.717, 1.165) is 37.8 Å². The largest absolute Gasteiger partial charge is 0.338 e. The quantitative estimate of drug-likeness (QED) is 0.751. The summed E-state index contributed by atoms with van der Waals surface area (Å²) in [6.07, 6.45) is 5.10. The van der Waals surface area contributed by atoms with E-state index in [4.69, 9.17) is 11.6 Å². The van der Waals surface area contributed by atoms with Crippen molar-refractivity contribution in [1.29, 1.82) is 0 Å². The first-order valence-corrected chi connectivity index (χ1v) is 8.65. The fourth-order valence-electron chi connectivity index (χ4n) is 2.75. The molecule has 1 aliphatic heterocycles. The number of nitrogens with one attached hydrogen (secondary N) is 1. The lowest BCUT2D eigenvalue weighted by Crippen LogP contribution is -2.47. The molecule has 0 amide bonds. The van der Waals surface area contributed by atoms with Crippen LogP contribution in [0.15, 0.2) is 48.9 Å². The Morgan fingerprint density at radius 1 is 0.885 bits per heavy atom. The van der Waals surface area contributed by atoms with Crippen LogP contribution >= 0.6 is 11.6 Å². The molecule has 3 heterocycles. The molecule has 1 saturated heterocycles. The van der Waals surface area contributed by atoms with Gasteiger partial charge >= 0.3 is 0 Å². The van der Waals surface area contributed by atoms with Crippen LogP contribution < -0.4 is 15.1 Å². The van der Waals surface area contributed by atoms with Crippen LogP contribution in [0, 0.1) is 0 Å². The van der Waals surface area contributed by atoms with Gasteiger partial charge in [0, 0.05) is 38.6 Å². The molecular formula is C17H17ClN8. The standard InChI is InChI=1S/C17H17ClN8/c18-13-4-1-2-5-14(13)22-15-12-21-24-17(23-15)26-10-8-25(9-11-26)16-19-6-3-7-20-16/h1-7,12H,8-11H2,(H,22,23,24). The number of piperazine rings is 1. The minimum absolute atomic E-state index is 0.593. The normalized spacial score (nSPS) is 14.3. The zero-order valence-corrected chi connectivity index (χ0v) is 14.7. The molecule has 0 spiro atoms. The van der Waals surface area contributed by atoms with E-state index >= 15 is 0 Å². The van der Waals surface area contributed by atoms with Gasteiger partial charge in [0.05, 0.1) is 16.9 Å². The molecule has 132 valence electrons. The number of hydrogen-bond acceptors (Lipinski definition) is 8. The number of rotatable bonds is 4. The van der Waals surface area contributed by atoms with Gasteiger partial charge in [-0.1, -0.05) is 23.7 Å². The second-order valence-electron chi connectivity index (χ2n) is 5.77. The molecule has 0 atom stereocenters. The van der Waals surface area contributed by atoms with E-state index in [1.54, 1.807) is 18.6 Å². The van der Waals surface area contributed by atoms with Crippen molar-refractivity contribution in [2.24, 2.45) is 0 Å². The Bertz CT molecular complexity index is 867. The number of nitrogens with zero attached hydrogens (tertiary/aromatic N) is 7. The van der Waals surface area contributed by atoms with Gasteiger partial charge in [0.25, 0.3) is 0 Å². The van der Waals surface area contributed by atoms with Gasteiger partial charge in [-0.05, 0) is 18.2 Å². The van der Waals surface area contributed by atoms with E-state index in [-0.39, 0.29) is 0 Å². The minimum atomic E-state index is 0.593. The Morgan fingerprint density at radius 2 is 1.58 bits per heavy atom. The summed E-state index contributed by atoms with van der Waals surface area (Å²) in [4.78, 5) is 17.4. The molecule has 0 saturated carbocycles. The first kappa shape index (κ1) is 16.5. The van der Waals surface area contributed by atoms with Crippen molar-refractivity contribution in [3.05, 3.63) is 53.9 Å². The van der Waals surface area contributed by atoms with Crippen molar-refractivity contribution >= 4 is 35.0 Å². The van der Waals surface area contributed by atoms with Gasteiger partial charge in [-0.3, -0.25) is 0 Å². The van der Waals surface area contributed by atoms with Gasteiger partial charge in [-0.15, -0.1) is 5.10 Å². The van der Waals surface area contributed by atoms with Crippen LogP contribution in [0.3, 0.4) is 0 Å². The van der Waals surface area contributed by atoms with Gasteiger partial charge in [0.1, 0.15) is 0 Å². The molecule has 1 aliphatic rings. The Balaban J connectivity index is 1.44. The van der Waals surface area contributed by atoms with Crippen LogP contribution in [0.2, 0.25) is 5.02 Å². The third-order valence-electron chi connectivity index (χ3n) is 4.08. The van der Waals surface area contributed by atoms with Crippen molar-refractivity contribution in [1.82, 2.24) is 25.1 Å². The summed E-state index contributed by atoms with van der Waals surface area (Å²) < 4.78 is 0. The molecular weight excluding hydrogens is 352 g/mol. The average molecular weight is 369 g/mol. The van der Waals surface area contributed by atoms with Crippen LogP contribution in [0.4, 0.5) is 23.4 Å². The first-order chi connectivity index (χ1) is 12.8. The fraction of sp³-hybridized carbons (Fsp3) is 0.235. The molecule has 26 heavy (non-hydrogen) atoms.